The van der Waals surface area contributed by atoms with Crippen LogP contribution in [0.2, 0.25) is 0 Å². The van der Waals surface area contributed by atoms with Crippen molar-refractivity contribution in [3.8, 4) is 0 Å². The first-order valence-corrected chi connectivity index (χ1v) is 12.6. The Morgan fingerprint density at radius 3 is 2.39 bits per heavy atom. The molecule has 1 aromatic carbocycles. The summed E-state index contributed by atoms with van der Waals surface area (Å²) in [6, 6.07) is 12.1. The summed E-state index contributed by atoms with van der Waals surface area (Å²) in [4.78, 5) is 21.1. The number of aromatic nitrogens is 1. The van der Waals surface area contributed by atoms with Crippen LogP contribution in [0.25, 0.3) is 0 Å². The molecule has 1 aliphatic heterocycles. The monoisotopic (exact) mass is 442 g/mol. The zero-order valence-electron chi connectivity index (χ0n) is 18.3. The van der Waals surface area contributed by atoms with Crippen molar-refractivity contribution in [3.63, 3.8) is 0 Å². The molecule has 0 unspecified atom stereocenters. The lowest BCUT2D eigenvalue weighted by Gasteiger charge is -2.48. The summed E-state index contributed by atoms with van der Waals surface area (Å²) < 4.78 is 23.7. The summed E-state index contributed by atoms with van der Waals surface area (Å²) in [5.41, 5.74) is 2.12. The second kappa shape index (κ2) is 7.91. The Hall–Kier alpha value is -2.45. The fourth-order valence-electron chi connectivity index (χ4n) is 5.13. The molecule has 0 bridgehead atoms. The molecular formula is C23H30N4O3S. The average molecular weight is 443 g/mol. The summed E-state index contributed by atoms with van der Waals surface area (Å²) >= 11 is 0. The summed E-state index contributed by atoms with van der Waals surface area (Å²) in [6.07, 6.45) is 7.93. The normalized spacial score (nSPS) is 26.5. The van der Waals surface area contributed by atoms with E-state index in [4.69, 9.17) is 0 Å². The minimum Gasteiger partial charge on any atom is -0.330 e. The van der Waals surface area contributed by atoms with Crippen LogP contribution in [0.1, 0.15) is 36.8 Å². The highest BCUT2D eigenvalue weighted by atomic mass is 32.2. The largest absolute Gasteiger partial charge is 0.330 e. The predicted molar refractivity (Wildman–Crippen MR) is 122 cm³/mol. The fraction of sp³-hybridized carbons (Fsp3) is 0.478. The molecule has 1 N–H and O–H groups in total. The first-order valence-electron chi connectivity index (χ1n) is 10.6. The van der Waals surface area contributed by atoms with Crippen molar-refractivity contribution in [1.82, 2.24) is 15.2 Å². The standard InChI is InChI=1S/C23H30N4O3S/c1-26(2)23(19-7-5-4-6-8-19)12-10-22(11-13-23)17-27(21(28)25-22)20-15-24-14-9-18(20)16-31(3,29)30/h4-9,14-15H,10-13,16-17H2,1-3H3,(H,25,28). The minimum absolute atomic E-state index is 0.0551. The zero-order valence-corrected chi connectivity index (χ0v) is 19.2. The molecule has 7 nitrogen and oxygen atoms in total. The SMILES string of the molecule is CN(C)C1(c2ccccc2)CCC2(CC1)CN(c1cnccc1CS(C)(=O)=O)C(=O)N2. The maximum absolute atomic E-state index is 13.0. The van der Waals surface area contributed by atoms with E-state index in [0.29, 0.717) is 17.8 Å². The summed E-state index contributed by atoms with van der Waals surface area (Å²) in [7, 11) is 1.02. The average Bonchev–Trinajstić information content (AvgIpc) is 3.04. The van der Waals surface area contributed by atoms with Crippen LogP contribution in [-0.4, -0.2) is 56.8 Å². The van der Waals surface area contributed by atoms with E-state index in [1.807, 2.05) is 6.07 Å². The number of benzene rings is 1. The van der Waals surface area contributed by atoms with E-state index >= 15 is 0 Å². The first-order chi connectivity index (χ1) is 14.6. The smallest absolute Gasteiger partial charge is 0.322 e. The molecule has 2 fully saturated rings. The van der Waals surface area contributed by atoms with Gasteiger partial charge in [-0.3, -0.25) is 14.8 Å². The van der Waals surface area contributed by atoms with Gasteiger partial charge in [-0.05, 0) is 57.0 Å². The zero-order chi connectivity index (χ0) is 22.3. The highest BCUT2D eigenvalue weighted by Crippen LogP contribution is 2.46. The van der Waals surface area contributed by atoms with Gasteiger partial charge in [-0.25, -0.2) is 13.2 Å². The number of amides is 2. The Balaban J connectivity index is 1.57. The van der Waals surface area contributed by atoms with Crippen LogP contribution >= 0.6 is 0 Å². The van der Waals surface area contributed by atoms with Crippen molar-refractivity contribution in [2.24, 2.45) is 0 Å². The first kappa shape index (κ1) is 21.8. The number of carbonyl (C=O) groups excluding carboxylic acids is 1. The number of rotatable bonds is 5. The lowest BCUT2D eigenvalue weighted by atomic mass is 9.69. The summed E-state index contributed by atoms with van der Waals surface area (Å²) in [5, 5.41) is 3.23. The Kier molecular flexibility index (Phi) is 5.55. The van der Waals surface area contributed by atoms with E-state index < -0.39 is 9.84 Å². The van der Waals surface area contributed by atoms with Gasteiger partial charge in [0.15, 0.2) is 9.84 Å². The van der Waals surface area contributed by atoms with Gasteiger partial charge in [0.25, 0.3) is 0 Å². The highest BCUT2D eigenvalue weighted by Gasteiger charge is 2.50. The van der Waals surface area contributed by atoms with Crippen LogP contribution in [0.15, 0.2) is 48.8 Å². The van der Waals surface area contributed by atoms with E-state index in [0.717, 1.165) is 25.7 Å². The predicted octanol–water partition coefficient (Wildman–Crippen LogP) is 2.93. The van der Waals surface area contributed by atoms with E-state index in [-0.39, 0.29) is 22.9 Å². The number of anilines is 1. The molecule has 8 heteroatoms. The van der Waals surface area contributed by atoms with Gasteiger partial charge in [0, 0.05) is 18.0 Å². The molecule has 1 spiro atoms. The molecule has 0 radical (unpaired) electrons. The van der Waals surface area contributed by atoms with Crippen molar-refractivity contribution in [2.75, 3.05) is 31.8 Å². The van der Waals surface area contributed by atoms with E-state index in [9.17, 15) is 13.2 Å². The minimum atomic E-state index is -3.23. The van der Waals surface area contributed by atoms with E-state index in [2.05, 4.69) is 53.6 Å². The van der Waals surface area contributed by atoms with Crippen molar-refractivity contribution < 1.29 is 13.2 Å². The summed E-state index contributed by atoms with van der Waals surface area (Å²) in [6.45, 7) is 0.520. The van der Waals surface area contributed by atoms with Crippen molar-refractivity contribution in [2.45, 2.75) is 42.5 Å². The maximum Gasteiger partial charge on any atom is 0.322 e. The van der Waals surface area contributed by atoms with Crippen molar-refractivity contribution >= 4 is 21.6 Å². The van der Waals surface area contributed by atoms with Gasteiger partial charge >= 0.3 is 6.03 Å². The van der Waals surface area contributed by atoms with Gasteiger partial charge in [0.1, 0.15) is 0 Å². The molecular weight excluding hydrogens is 412 g/mol. The lowest BCUT2D eigenvalue weighted by Crippen LogP contribution is -2.54. The second-order valence-corrected chi connectivity index (χ2v) is 11.3. The number of nitrogens with zero attached hydrogens (tertiary/aromatic N) is 3. The molecule has 1 saturated carbocycles. The van der Waals surface area contributed by atoms with Gasteiger partial charge in [-0.2, -0.15) is 0 Å². The van der Waals surface area contributed by atoms with Gasteiger partial charge in [0.05, 0.1) is 29.7 Å². The molecule has 1 saturated heterocycles. The Bertz CT molecular complexity index is 1060. The van der Waals surface area contributed by atoms with Crippen molar-refractivity contribution in [1.29, 1.82) is 0 Å². The second-order valence-electron chi connectivity index (χ2n) is 9.16. The number of carbonyl (C=O) groups is 1. The van der Waals surface area contributed by atoms with Crippen LogP contribution in [-0.2, 0) is 21.1 Å². The molecule has 1 aromatic heterocycles. The number of hydrogen-bond acceptors (Lipinski definition) is 5. The molecule has 2 amide bonds. The topological polar surface area (TPSA) is 82.6 Å². The van der Waals surface area contributed by atoms with Gasteiger partial charge in [-0.15, -0.1) is 0 Å². The van der Waals surface area contributed by atoms with E-state index in [1.54, 1.807) is 23.4 Å². The molecule has 4 rings (SSSR count). The quantitative estimate of drug-likeness (QED) is 0.770. The molecule has 2 aliphatic rings. The number of pyridine rings is 1. The number of urea groups is 1. The molecule has 2 aromatic rings. The lowest BCUT2D eigenvalue weighted by molar-refractivity contribution is 0.0658. The summed E-state index contributed by atoms with van der Waals surface area (Å²) in [5.74, 6) is -0.112. The highest BCUT2D eigenvalue weighted by molar-refractivity contribution is 7.89. The van der Waals surface area contributed by atoms with Crippen LogP contribution in [0.4, 0.5) is 10.5 Å². The molecule has 31 heavy (non-hydrogen) atoms. The number of sulfone groups is 1. The van der Waals surface area contributed by atoms with Crippen LogP contribution in [0, 0.1) is 0 Å². The third-order valence-electron chi connectivity index (χ3n) is 6.88. The molecule has 0 atom stereocenters. The third kappa shape index (κ3) is 4.19. The van der Waals surface area contributed by atoms with Crippen LogP contribution in [0.3, 0.4) is 0 Å². The number of nitrogens with one attached hydrogen (secondary N) is 1. The van der Waals surface area contributed by atoms with Gasteiger partial charge in [0.2, 0.25) is 0 Å². The number of hydrogen-bond donors (Lipinski definition) is 1. The Labute approximate surface area is 184 Å². The van der Waals surface area contributed by atoms with Crippen LogP contribution in [0.5, 0.6) is 0 Å². The molecule has 1 aliphatic carbocycles. The van der Waals surface area contributed by atoms with E-state index in [1.165, 1.54) is 11.8 Å². The molecule has 166 valence electrons. The molecule has 2 heterocycles. The Morgan fingerprint density at radius 1 is 1.10 bits per heavy atom. The van der Waals surface area contributed by atoms with Gasteiger partial charge in [-0.1, -0.05) is 30.3 Å². The Morgan fingerprint density at radius 2 is 1.77 bits per heavy atom. The van der Waals surface area contributed by atoms with Crippen molar-refractivity contribution in [3.05, 3.63) is 59.9 Å². The van der Waals surface area contributed by atoms with Crippen LogP contribution < -0.4 is 10.2 Å². The fourth-order valence-corrected chi connectivity index (χ4v) is 5.94. The van der Waals surface area contributed by atoms with Gasteiger partial charge < -0.3 is 5.32 Å². The maximum atomic E-state index is 13.0. The third-order valence-corrected chi connectivity index (χ3v) is 7.71.